The number of alkyl halides is 3. The minimum Gasteiger partial charge on any atom is -0.404 e. The van der Waals surface area contributed by atoms with Gasteiger partial charge in [-0.2, -0.15) is 5.26 Å². The average molecular weight is 300 g/mol. The third-order valence-corrected chi connectivity index (χ3v) is 3.24. The molecule has 0 N–H and O–H groups in total. The quantitative estimate of drug-likeness (QED) is 0.787. The van der Waals surface area contributed by atoms with Gasteiger partial charge in [-0.05, 0) is 24.6 Å². The molecule has 0 heterocycles. The molecule has 98 valence electrons. The predicted octanol–water partition coefficient (Wildman–Crippen LogP) is 2.69. The second-order valence-corrected chi connectivity index (χ2v) is 5.75. The Morgan fingerprint density at radius 3 is 2.33 bits per heavy atom. The van der Waals surface area contributed by atoms with Crippen LogP contribution in [0.25, 0.3) is 0 Å². The fourth-order valence-corrected chi connectivity index (χ4v) is 2.20. The molecule has 4 nitrogen and oxygen atoms in total. The summed E-state index contributed by atoms with van der Waals surface area (Å²) in [6.45, 7) is 1.36. The lowest BCUT2D eigenvalue weighted by atomic mass is 10.1. The zero-order valence-corrected chi connectivity index (χ0v) is 10.3. The Labute approximate surface area is 105 Å². The van der Waals surface area contributed by atoms with E-state index in [1.807, 2.05) is 0 Å². The number of ether oxygens (including phenoxy) is 1. The van der Waals surface area contributed by atoms with Crippen LogP contribution in [0.5, 0.6) is 5.75 Å². The van der Waals surface area contributed by atoms with Crippen LogP contribution >= 0.6 is 10.7 Å². The van der Waals surface area contributed by atoms with Gasteiger partial charge in [0.15, 0.2) is 5.75 Å². The lowest BCUT2D eigenvalue weighted by Crippen LogP contribution is -2.18. The van der Waals surface area contributed by atoms with Crippen molar-refractivity contribution in [2.24, 2.45) is 0 Å². The van der Waals surface area contributed by atoms with Crippen molar-refractivity contribution in [3.05, 3.63) is 23.3 Å². The summed E-state index contributed by atoms with van der Waals surface area (Å²) in [5.41, 5.74) is 0.0320. The maximum atomic E-state index is 12.1. The second kappa shape index (κ2) is 4.66. The first kappa shape index (κ1) is 14.6. The summed E-state index contributed by atoms with van der Waals surface area (Å²) in [6.07, 6.45) is -5.09. The minimum atomic E-state index is -5.09. The molecule has 9 heteroatoms. The van der Waals surface area contributed by atoms with E-state index in [-0.39, 0.29) is 11.1 Å². The van der Waals surface area contributed by atoms with Crippen LogP contribution in [0.2, 0.25) is 0 Å². The number of aryl methyl sites for hydroxylation is 1. The number of halogens is 4. The lowest BCUT2D eigenvalue weighted by molar-refractivity contribution is -0.275. The molecular formula is C9H5ClF3NO3S. The van der Waals surface area contributed by atoms with Crippen LogP contribution in [-0.4, -0.2) is 14.8 Å². The lowest BCUT2D eigenvalue weighted by Gasteiger charge is -2.12. The maximum absolute atomic E-state index is 12.1. The first-order valence-corrected chi connectivity index (χ1v) is 6.60. The van der Waals surface area contributed by atoms with E-state index < -0.39 is 26.1 Å². The van der Waals surface area contributed by atoms with Gasteiger partial charge in [0.2, 0.25) is 0 Å². The van der Waals surface area contributed by atoms with Gasteiger partial charge in [0.25, 0.3) is 9.05 Å². The number of hydrogen-bond donors (Lipinski definition) is 0. The van der Waals surface area contributed by atoms with Gasteiger partial charge >= 0.3 is 6.36 Å². The van der Waals surface area contributed by atoms with Crippen molar-refractivity contribution >= 4 is 19.7 Å². The molecule has 0 aliphatic rings. The van der Waals surface area contributed by atoms with E-state index in [0.717, 1.165) is 6.07 Å². The van der Waals surface area contributed by atoms with Gasteiger partial charge in [-0.3, -0.25) is 0 Å². The van der Waals surface area contributed by atoms with Crippen molar-refractivity contribution in [3.63, 3.8) is 0 Å². The van der Waals surface area contributed by atoms with Crippen molar-refractivity contribution in [1.29, 1.82) is 5.26 Å². The Hall–Kier alpha value is -1.46. The Morgan fingerprint density at radius 1 is 1.39 bits per heavy atom. The Kier molecular flexibility index (Phi) is 3.78. The SMILES string of the molecule is Cc1cc(S(=O)(=O)Cl)c(OC(F)(F)F)cc1C#N. The molecule has 1 rings (SSSR count). The van der Waals surface area contributed by atoms with Gasteiger partial charge < -0.3 is 4.74 Å². The van der Waals surface area contributed by atoms with Gasteiger partial charge in [0.1, 0.15) is 4.90 Å². The third-order valence-electron chi connectivity index (χ3n) is 1.90. The number of hydrogen-bond acceptors (Lipinski definition) is 4. The molecule has 0 unspecified atom stereocenters. The molecule has 0 radical (unpaired) electrons. The zero-order valence-electron chi connectivity index (χ0n) is 8.75. The first-order valence-electron chi connectivity index (χ1n) is 4.30. The predicted molar refractivity (Wildman–Crippen MR) is 55.6 cm³/mol. The highest BCUT2D eigenvalue weighted by Crippen LogP contribution is 2.33. The Bertz CT molecular complexity index is 619. The largest absolute Gasteiger partial charge is 0.573 e. The summed E-state index contributed by atoms with van der Waals surface area (Å²) < 4.78 is 62.1. The summed E-state index contributed by atoms with van der Waals surface area (Å²) in [5, 5.41) is 8.67. The normalized spacial score (nSPS) is 12.0. The highest BCUT2D eigenvalue weighted by Gasteiger charge is 2.34. The van der Waals surface area contributed by atoms with Gasteiger partial charge in [0, 0.05) is 10.7 Å². The molecule has 0 amide bonds. The zero-order chi connectivity index (χ0) is 14.1. The molecule has 18 heavy (non-hydrogen) atoms. The molecule has 1 aromatic carbocycles. The molecule has 1 aromatic rings. The second-order valence-electron chi connectivity index (χ2n) is 3.21. The van der Waals surface area contributed by atoms with Crippen LogP contribution in [0.3, 0.4) is 0 Å². The van der Waals surface area contributed by atoms with E-state index in [2.05, 4.69) is 4.74 Å². The molecule has 0 aliphatic heterocycles. The van der Waals surface area contributed by atoms with Crippen LogP contribution < -0.4 is 4.74 Å². The summed E-state index contributed by atoms with van der Waals surface area (Å²) in [5.74, 6) is -1.03. The molecule has 0 aliphatic carbocycles. The van der Waals surface area contributed by atoms with Gasteiger partial charge in [0.05, 0.1) is 11.6 Å². The molecule has 0 aromatic heterocycles. The van der Waals surface area contributed by atoms with Gasteiger partial charge in [-0.1, -0.05) is 0 Å². The van der Waals surface area contributed by atoms with Crippen molar-refractivity contribution < 1.29 is 26.3 Å². The summed E-state index contributed by atoms with van der Waals surface area (Å²) >= 11 is 0. The van der Waals surface area contributed by atoms with Crippen LogP contribution in [0.4, 0.5) is 13.2 Å². The van der Waals surface area contributed by atoms with Crippen LogP contribution in [-0.2, 0) is 9.05 Å². The number of rotatable bonds is 2. The van der Waals surface area contributed by atoms with Crippen LogP contribution in [0.1, 0.15) is 11.1 Å². The standard InChI is InChI=1S/C9H5ClF3NO3S/c1-5-2-8(18(10,15)16)7(3-6(5)4-14)17-9(11,12)13/h2-3H,1H3. The smallest absolute Gasteiger partial charge is 0.404 e. The molecule has 0 spiro atoms. The molecule has 0 saturated carbocycles. The van der Waals surface area contributed by atoms with E-state index in [4.69, 9.17) is 15.9 Å². The molecule has 0 bridgehead atoms. The van der Waals surface area contributed by atoms with Crippen molar-refractivity contribution in [2.75, 3.05) is 0 Å². The van der Waals surface area contributed by atoms with E-state index in [1.165, 1.54) is 6.92 Å². The van der Waals surface area contributed by atoms with E-state index in [0.29, 0.717) is 6.07 Å². The van der Waals surface area contributed by atoms with Gasteiger partial charge in [-0.25, -0.2) is 8.42 Å². The van der Waals surface area contributed by atoms with E-state index in [1.54, 1.807) is 6.07 Å². The fourth-order valence-electron chi connectivity index (χ4n) is 1.18. The monoisotopic (exact) mass is 299 g/mol. The summed E-state index contributed by atoms with van der Waals surface area (Å²) in [7, 11) is 0.587. The molecular weight excluding hydrogens is 295 g/mol. The highest BCUT2D eigenvalue weighted by atomic mass is 35.7. The maximum Gasteiger partial charge on any atom is 0.573 e. The van der Waals surface area contributed by atoms with Crippen LogP contribution in [0, 0.1) is 18.3 Å². The van der Waals surface area contributed by atoms with Crippen molar-refractivity contribution in [2.45, 2.75) is 18.2 Å². The highest BCUT2D eigenvalue weighted by molar-refractivity contribution is 8.13. The summed E-state index contributed by atoms with van der Waals surface area (Å²) in [6, 6.07) is 3.14. The molecule has 0 fully saturated rings. The average Bonchev–Trinajstić information content (AvgIpc) is 2.16. The number of nitrogens with zero attached hydrogens (tertiary/aromatic N) is 1. The third kappa shape index (κ3) is 3.51. The topological polar surface area (TPSA) is 67.2 Å². The Balaban J connectivity index is 3.52. The van der Waals surface area contributed by atoms with E-state index >= 15 is 0 Å². The van der Waals surface area contributed by atoms with Crippen molar-refractivity contribution in [3.8, 4) is 11.8 Å². The van der Waals surface area contributed by atoms with Gasteiger partial charge in [-0.15, -0.1) is 13.2 Å². The first-order chi connectivity index (χ1) is 8.04. The molecule has 0 saturated heterocycles. The number of nitriles is 1. The Morgan fingerprint density at radius 2 is 1.94 bits per heavy atom. The number of benzene rings is 1. The minimum absolute atomic E-state index is 0.140. The fraction of sp³-hybridized carbons (Fsp3) is 0.222. The van der Waals surface area contributed by atoms with Crippen molar-refractivity contribution in [1.82, 2.24) is 0 Å². The molecule has 0 atom stereocenters. The van der Waals surface area contributed by atoms with Crippen LogP contribution in [0.15, 0.2) is 17.0 Å². The summed E-state index contributed by atoms with van der Waals surface area (Å²) in [4.78, 5) is -0.835. The van der Waals surface area contributed by atoms with E-state index in [9.17, 15) is 21.6 Å².